The van der Waals surface area contributed by atoms with Crippen LogP contribution in [0.1, 0.15) is 12.0 Å². The first-order valence-corrected chi connectivity index (χ1v) is 4.16. The number of ether oxygens (including phenoxy) is 1. The molecule has 13 heavy (non-hydrogen) atoms. The predicted molar refractivity (Wildman–Crippen MR) is 47.4 cm³/mol. The smallest absolute Gasteiger partial charge is 0.213 e. The molecule has 1 aromatic heterocycles. The minimum absolute atomic E-state index is 0.0100. The Labute approximate surface area is 76.8 Å². The highest BCUT2D eigenvalue weighted by molar-refractivity contribution is 5.16. The van der Waals surface area contributed by atoms with E-state index in [4.69, 9.17) is 14.9 Å². The van der Waals surface area contributed by atoms with Gasteiger partial charge in [-0.05, 0) is 11.6 Å². The Hall–Kier alpha value is -1.13. The van der Waals surface area contributed by atoms with Crippen molar-refractivity contribution in [3.05, 3.63) is 23.9 Å². The lowest BCUT2D eigenvalue weighted by Gasteiger charge is -2.03. The third-order valence-corrected chi connectivity index (χ3v) is 1.53. The largest absolute Gasteiger partial charge is 0.478 e. The highest BCUT2D eigenvalue weighted by Gasteiger charge is 1.95. The molecule has 72 valence electrons. The van der Waals surface area contributed by atoms with Crippen molar-refractivity contribution >= 4 is 0 Å². The molecule has 0 bridgehead atoms. The summed E-state index contributed by atoms with van der Waals surface area (Å²) < 4.78 is 5.19. The second-order valence-corrected chi connectivity index (χ2v) is 2.59. The van der Waals surface area contributed by atoms with Crippen molar-refractivity contribution < 1.29 is 14.9 Å². The molecular formula is C9H13NO3. The van der Waals surface area contributed by atoms with Gasteiger partial charge in [-0.15, -0.1) is 0 Å². The summed E-state index contributed by atoms with van der Waals surface area (Å²) in [7, 11) is 0. The molecule has 4 nitrogen and oxygen atoms in total. The third kappa shape index (κ3) is 3.40. The van der Waals surface area contributed by atoms with E-state index in [1.807, 2.05) is 0 Å². The Morgan fingerprint density at radius 2 is 2.15 bits per heavy atom. The molecule has 0 fully saturated rings. The molecule has 0 saturated heterocycles. The van der Waals surface area contributed by atoms with Crippen molar-refractivity contribution in [2.45, 2.75) is 13.0 Å². The van der Waals surface area contributed by atoms with Gasteiger partial charge in [0.2, 0.25) is 5.88 Å². The maximum atomic E-state index is 8.73. The molecular weight excluding hydrogens is 170 g/mol. The van der Waals surface area contributed by atoms with Crippen LogP contribution in [0.25, 0.3) is 0 Å². The quantitative estimate of drug-likeness (QED) is 0.646. The zero-order valence-corrected chi connectivity index (χ0v) is 7.31. The molecule has 4 heteroatoms. The lowest BCUT2D eigenvalue weighted by molar-refractivity contribution is 0.229. The molecule has 0 radical (unpaired) electrons. The molecule has 0 aliphatic carbocycles. The summed E-state index contributed by atoms with van der Waals surface area (Å²) in [6, 6.07) is 3.45. The fourth-order valence-corrected chi connectivity index (χ4v) is 0.831. The van der Waals surface area contributed by atoms with Crippen LogP contribution in [-0.2, 0) is 6.61 Å². The van der Waals surface area contributed by atoms with Crippen molar-refractivity contribution in [3.63, 3.8) is 0 Å². The van der Waals surface area contributed by atoms with Gasteiger partial charge < -0.3 is 14.9 Å². The summed E-state index contributed by atoms with van der Waals surface area (Å²) in [5.74, 6) is 0.519. The molecule has 2 N–H and O–H groups in total. The number of nitrogens with zero attached hydrogens (tertiary/aromatic N) is 1. The van der Waals surface area contributed by atoms with Gasteiger partial charge in [-0.25, -0.2) is 4.98 Å². The van der Waals surface area contributed by atoms with Crippen molar-refractivity contribution in [1.82, 2.24) is 4.98 Å². The minimum atomic E-state index is -0.0100. The minimum Gasteiger partial charge on any atom is -0.478 e. The predicted octanol–water partition coefficient (Wildman–Crippen LogP) is 0.335. The third-order valence-electron chi connectivity index (χ3n) is 1.53. The van der Waals surface area contributed by atoms with Gasteiger partial charge in [-0.3, -0.25) is 0 Å². The van der Waals surface area contributed by atoms with Crippen LogP contribution in [0.5, 0.6) is 5.88 Å². The zero-order valence-electron chi connectivity index (χ0n) is 7.31. The van der Waals surface area contributed by atoms with E-state index in [9.17, 15) is 0 Å². The van der Waals surface area contributed by atoms with Crippen LogP contribution in [0.4, 0.5) is 0 Å². The Morgan fingerprint density at radius 1 is 1.31 bits per heavy atom. The van der Waals surface area contributed by atoms with E-state index in [-0.39, 0.29) is 13.2 Å². The molecule has 0 aliphatic rings. The molecule has 0 amide bonds. The molecule has 0 saturated carbocycles. The molecule has 0 unspecified atom stereocenters. The van der Waals surface area contributed by atoms with E-state index in [0.29, 0.717) is 18.9 Å². The van der Waals surface area contributed by atoms with Gasteiger partial charge in [0, 0.05) is 25.3 Å². The first-order chi connectivity index (χ1) is 6.36. The van der Waals surface area contributed by atoms with Gasteiger partial charge in [-0.2, -0.15) is 0 Å². The Balaban J connectivity index is 2.40. The number of hydrogen-bond donors (Lipinski definition) is 2. The molecule has 1 rings (SSSR count). The average molecular weight is 183 g/mol. The summed E-state index contributed by atoms with van der Waals surface area (Å²) in [5, 5.41) is 17.2. The van der Waals surface area contributed by atoms with Gasteiger partial charge in [-0.1, -0.05) is 0 Å². The van der Waals surface area contributed by atoms with Crippen LogP contribution in [-0.4, -0.2) is 28.4 Å². The molecule has 1 aromatic rings. The second kappa shape index (κ2) is 5.50. The van der Waals surface area contributed by atoms with Gasteiger partial charge >= 0.3 is 0 Å². The van der Waals surface area contributed by atoms with E-state index in [1.165, 1.54) is 0 Å². The molecule has 0 spiro atoms. The van der Waals surface area contributed by atoms with Crippen molar-refractivity contribution in [2.75, 3.05) is 13.2 Å². The number of pyridine rings is 1. The standard InChI is InChI=1S/C9H13NO3/c11-4-1-5-13-9-3-2-8(7-12)6-10-9/h2-3,6,11-12H,1,4-5,7H2. The van der Waals surface area contributed by atoms with Gasteiger partial charge in [0.1, 0.15) is 0 Å². The SMILES string of the molecule is OCCCOc1ccc(CO)cn1. The van der Waals surface area contributed by atoms with Crippen LogP contribution in [0.2, 0.25) is 0 Å². The number of aliphatic hydroxyl groups excluding tert-OH is 2. The van der Waals surface area contributed by atoms with Crippen LogP contribution < -0.4 is 4.74 Å². The number of aliphatic hydroxyl groups is 2. The highest BCUT2D eigenvalue weighted by Crippen LogP contribution is 2.07. The van der Waals surface area contributed by atoms with Gasteiger partial charge in [0.25, 0.3) is 0 Å². The zero-order chi connectivity index (χ0) is 9.52. The Morgan fingerprint density at radius 3 is 2.69 bits per heavy atom. The topological polar surface area (TPSA) is 62.6 Å². The molecule has 0 aromatic carbocycles. The fraction of sp³-hybridized carbons (Fsp3) is 0.444. The van der Waals surface area contributed by atoms with Gasteiger partial charge in [0.05, 0.1) is 13.2 Å². The van der Waals surface area contributed by atoms with E-state index >= 15 is 0 Å². The first-order valence-electron chi connectivity index (χ1n) is 4.16. The highest BCUT2D eigenvalue weighted by atomic mass is 16.5. The monoisotopic (exact) mass is 183 g/mol. The number of rotatable bonds is 5. The second-order valence-electron chi connectivity index (χ2n) is 2.59. The van der Waals surface area contributed by atoms with E-state index in [0.717, 1.165) is 5.56 Å². The van der Waals surface area contributed by atoms with Crippen LogP contribution >= 0.6 is 0 Å². The Bertz CT molecular complexity index is 235. The maximum Gasteiger partial charge on any atom is 0.213 e. The van der Waals surface area contributed by atoms with Crippen molar-refractivity contribution in [3.8, 4) is 5.88 Å². The normalized spacial score (nSPS) is 10.0. The summed E-state index contributed by atoms with van der Waals surface area (Å²) in [6.45, 7) is 0.570. The summed E-state index contributed by atoms with van der Waals surface area (Å²) in [5.41, 5.74) is 0.759. The van der Waals surface area contributed by atoms with Crippen molar-refractivity contribution in [2.24, 2.45) is 0 Å². The lowest BCUT2D eigenvalue weighted by Crippen LogP contribution is -2.01. The van der Waals surface area contributed by atoms with Crippen LogP contribution in [0, 0.1) is 0 Å². The van der Waals surface area contributed by atoms with Crippen LogP contribution in [0.3, 0.4) is 0 Å². The fourth-order valence-electron chi connectivity index (χ4n) is 0.831. The molecule has 0 aliphatic heterocycles. The summed E-state index contributed by atoms with van der Waals surface area (Å²) >= 11 is 0. The van der Waals surface area contributed by atoms with Gasteiger partial charge in [0.15, 0.2) is 0 Å². The average Bonchev–Trinajstić information content (AvgIpc) is 2.19. The molecule has 1 heterocycles. The molecule has 0 atom stereocenters. The lowest BCUT2D eigenvalue weighted by atomic mass is 10.3. The van der Waals surface area contributed by atoms with E-state index in [1.54, 1.807) is 18.3 Å². The summed E-state index contributed by atoms with van der Waals surface area (Å²) in [4.78, 5) is 3.96. The first kappa shape index (κ1) is 9.95. The van der Waals surface area contributed by atoms with E-state index in [2.05, 4.69) is 4.98 Å². The van der Waals surface area contributed by atoms with Crippen LogP contribution in [0.15, 0.2) is 18.3 Å². The number of hydrogen-bond acceptors (Lipinski definition) is 4. The maximum absolute atomic E-state index is 8.73. The Kier molecular flexibility index (Phi) is 4.21. The van der Waals surface area contributed by atoms with Crippen molar-refractivity contribution in [1.29, 1.82) is 0 Å². The number of aromatic nitrogens is 1. The van der Waals surface area contributed by atoms with E-state index < -0.39 is 0 Å². The summed E-state index contributed by atoms with van der Waals surface area (Å²) in [6.07, 6.45) is 2.16.